The van der Waals surface area contributed by atoms with E-state index in [1.807, 2.05) is 6.26 Å². The minimum absolute atomic E-state index is 0.195. The number of rotatable bonds is 8. The highest BCUT2D eigenvalue weighted by molar-refractivity contribution is 7.98. The van der Waals surface area contributed by atoms with Crippen LogP contribution in [0.3, 0.4) is 0 Å². The number of halogens is 2. The molecule has 0 spiro atoms. The maximum atomic E-state index is 12.6. The molecule has 1 fully saturated rings. The molecule has 166 valence electrons. The van der Waals surface area contributed by atoms with E-state index in [9.17, 15) is 14.4 Å². The van der Waals surface area contributed by atoms with E-state index in [-0.39, 0.29) is 23.1 Å². The Morgan fingerprint density at radius 3 is 2.50 bits per heavy atom. The van der Waals surface area contributed by atoms with E-state index >= 15 is 0 Å². The fraction of sp³-hybridized carbons (Fsp3) is 0.571. The van der Waals surface area contributed by atoms with Crippen molar-refractivity contribution in [2.75, 3.05) is 31.7 Å². The molecule has 2 rings (SSSR count). The summed E-state index contributed by atoms with van der Waals surface area (Å²) in [6, 6.07) is 3.64. The Hall–Kier alpha value is -1.44. The summed E-state index contributed by atoms with van der Waals surface area (Å²) in [5, 5.41) is 3.27. The Bertz CT molecular complexity index is 767. The maximum Gasteiger partial charge on any atom is 0.329 e. The molecule has 0 aliphatic carbocycles. The van der Waals surface area contributed by atoms with Gasteiger partial charge in [-0.05, 0) is 54.9 Å². The van der Waals surface area contributed by atoms with Crippen molar-refractivity contribution in [2.45, 2.75) is 32.7 Å². The number of hydrogen-bond donors (Lipinski definition) is 1. The molecule has 0 saturated carbocycles. The Morgan fingerprint density at radius 2 is 1.90 bits per heavy atom. The number of carbonyl (C=O) groups excluding carboxylic acids is 3. The van der Waals surface area contributed by atoms with Gasteiger partial charge in [-0.15, -0.1) is 0 Å². The molecule has 30 heavy (non-hydrogen) atoms. The van der Waals surface area contributed by atoms with Crippen LogP contribution in [-0.2, 0) is 14.3 Å². The van der Waals surface area contributed by atoms with Gasteiger partial charge in [-0.1, -0.05) is 37.0 Å². The molecule has 1 N–H and O–H groups in total. The summed E-state index contributed by atoms with van der Waals surface area (Å²) in [5.74, 6) is 0.150. The molecule has 2 amide bonds. The van der Waals surface area contributed by atoms with Crippen LogP contribution in [0, 0.1) is 11.8 Å². The largest absolute Gasteiger partial charge is 0.454 e. The third-order valence-corrected chi connectivity index (χ3v) is 6.13. The quantitative estimate of drug-likeness (QED) is 0.578. The summed E-state index contributed by atoms with van der Waals surface area (Å²) < 4.78 is 5.26. The lowest BCUT2D eigenvalue weighted by molar-refractivity contribution is -0.154. The second-order valence-corrected chi connectivity index (χ2v) is 9.61. The number of piperidine rings is 1. The first kappa shape index (κ1) is 24.8. The van der Waals surface area contributed by atoms with Crippen molar-refractivity contribution in [3.8, 4) is 0 Å². The van der Waals surface area contributed by atoms with Gasteiger partial charge in [0.2, 0.25) is 0 Å². The summed E-state index contributed by atoms with van der Waals surface area (Å²) in [5.41, 5.74) is 0.218. The number of nitrogens with zero attached hydrogens (tertiary/aromatic N) is 1. The van der Waals surface area contributed by atoms with Crippen molar-refractivity contribution < 1.29 is 19.1 Å². The van der Waals surface area contributed by atoms with Crippen LogP contribution in [0.5, 0.6) is 0 Å². The molecule has 1 saturated heterocycles. The Balaban J connectivity index is 1.97. The van der Waals surface area contributed by atoms with Crippen molar-refractivity contribution in [2.24, 2.45) is 11.8 Å². The molecular weight excluding hydrogens is 447 g/mol. The first-order valence-corrected chi connectivity index (χ1v) is 12.1. The van der Waals surface area contributed by atoms with Crippen LogP contribution >= 0.6 is 35.0 Å². The molecule has 0 aromatic heterocycles. The SMILES string of the molecule is CSCCC(NC(=O)c1ccc(Cl)cc1Cl)C(=O)OCC(=O)N1CC(C)CC(C)C1. The van der Waals surface area contributed by atoms with Gasteiger partial charge in [0.25, 0.3) is 11.8 Å². The van der Waals surface area contributed by atoms with Crippen LogP contribution in [0.25, 0.3) is 0 Å². The van der Waals surface area contributed by atoms with Gasteiger partial charge in [0.05, 0.1) is 10.6 Å². The van der Waals surface area contributed by atoms with Crippen LogP contribution < -0.4 is 5.32 Å². The van der Waals surface area contributed by atoms with Crippen LogP contribution in [0.1, 0.15) is 37.0 Å². The van der Waals surface area contributed by atoms with E-state index in [4.69, 9.17) is 27.9 Å². The van der Waals surface area contributed by atoms with Gasteiger partial charge in [-0.3, -0.25) is 9.59 Å². The predicted octanol–water partition coefficient (Wildman–Crippen LogP) is 3.89. The smallest absolute Gasteiger partial charge is 0.329 e. The number of thioether (sulfide) groups is 1. The van der Waals surface area contributed by atoms with E-state index in [1.54, 1.807) is 22.7 Å². The van der Waals surface area contributed by atoms with Crippen molar-refractivity contribution in [1.29, 1.82) is 0 Å². The fourth-order valence-corrected chi connectivity index (χ4v) is 4.55. The molecule has 3 atom stereocenters. The van der Waals surface area contributed by atoms with Gasteiger partial charge < -0.3 is 15.0 Å². The number of esters is 1. The van der Waals surface area contributed by atoms with Crippen LogP contribution in [0.15, 0.2) is 18.2 Å². The normalized spacial score (nSPS) is 19.8. The first-order valence-electron chi connectivity index (χ1n) is 9.90. The standard InChI is InChI=1S/C21H28Cl2N2O4S/c1-13-8-14(2)11-25(10-13)19(26)12-29-21(28)18(6-7-30-3)24-20(27)16-5-4-15(22)9-17(16)23/h4-5,9,13-14,18H,6-8,10-12H2,1-3H3,(H,24,27). The number of hydrogen-bond acceptors (Lipinski definition) is 5. The van der Waals surface area contributed by atoms with Gasteiger partial charge >= 0.3 is 5.97 Å². The number of ether oxygens (including phenoxy) is 1. The zero-order chi connectivity index (χ0) is 22.3. The minimum atomic E-state index is -0.872. The topological polar surface area (TPSA) is 75.7 Å². The number of nitrogens with one attached hydrogen (secondary N) is 1. The highest BCUT2D eigenvalue weighted by Crippen LogP contribution is 2.22. The molecule has 0 radical (unpaired) electrons. The van der Waals surface area contributed by atoms with E-state index in [2.05, 4.69) is 19.2 Å². The number of amides is 2. The minimum Gasteiger partial charge on any atom is -0.454 e. The van der Waals surface area contributed by atoms with Gasteiger partial charge in [-0.2, -0.15) is 11.8 Å². The molecule has 1 aliphatic rings. The Kier molecular flexibility index (Phi) is 9.78. The molecule has 9 heteroatoms. The summed E-state index contributed by atoms with van der Waals surface area (Å²) in [6.07, 6.45) is 3.37. The molecule has 1 aromatic rings. The van der Waals surface area contributed by atoms with Crippen molar-refractivity contribution in [3.63, 3.8) is 0 Å². The summed E-state index contributed by atoms with van der Waals surface area (Å²) >= 11 is 13.5. The van der Waals surface area contributed by atoms with Crippen LogP contribution in [-0.4, -0.2) is 60.4 Å². The Morgan fingerprint density at radius 1 is 1.23 bits per heavy atom. The lowest BCUT2D eigenvalue weighted by Gasteiger charge is -2.34. The monoisotopic (exact) mass is 474 g/mol. The molecule has 1 aromatic carbocycles. The number of carbonyl (C=O) groups is 3. The number of benzene rings is 1. The first-order chi connectivity index (χ1) is 14.2. The lowest BCUT2D eigenvalue weighted by Crippen LogP contribution is -2.46. The molecule has 1 heterocycles. The van der Waals surface area contributed by atoms with Gasteiger partial charge in [0.15, 0.2) is 6.61 Å². The highest BCUT2D eigenvalue weighted by Gasteiger charge is 2.28. The summed E-state index contributed by atoms with van der Waals surface area (Å²) in [7, 11) is 0. The third-order valence-electron chi connectivity index (χ3n) is 4.94. The summed E-state index contributed by atoms with van der Waals surface area (Å²) in [6.45, 7) is 5.23. The maximum absolute atomic E-state index is 12.6. The van der Waals surface area contributed by atoms with Gasteiger partial charge in [0.1, 0.15) is 6.04 Å². The average Bonchev–Trinajstić information content (AvgIpc) is 2.68. The van der Waals surface area contributed by atoms with E-state index in [1.165, 1.54) is 12.1 Å². The fourth-order valence-electron chi connectivity index (χ4n) is 3.59. The van der Waals surface area contributed by atoms with E-state index in [0.717, 1.165) is 6.42 Å². The molecule has 3 unspecified atom stereocenters. The second kappa shape index (κ2) is 11.8. The predicted molar refractivity (Wildman–Crippen MR) is 121 cm³/mol. The zero-order valence-electron chi connectivity index (χ0n) is 17.5. The number of likely N-dealkylation sites (tertiary alicyclic amines) is 1. The van der Waals surface area contributed by atoms with Gasteiger partial charge in [0, 0.05) is 18.1 Å². The van der Waals surface area contributed by atoms with Crippen LogP contribution in [0.4, 0.5) is 0 Å². The van der Waals surface area contributed by atoms with Crippen molar-refractivity contribution in [1.82, 2.24) is 10.2 Å². The third kappa shape index (κ3) is 7.36. The van der Waals surface area contributed by atoms with Crippen molar-refractivity contribution in [3.05, 3.63) is 33.8 Å². The zero-order valence-corrected chi connectivity index (χ0v) is 19.8. The highest BCUT2D eigenvalue weighted by atomic mass is 35.5. The molecule has 1 aliphatic heterocycles. The lowest BCUT2D eigenvalue weighted by atomic mass is 9.92. The Labute approximate surface area is 192 Å². The van der Waals surface area contributed by atoms with Crippen LogP contribution in [0.2, 0.25) is 10.0 Å². The van der Waals surface area contributed by atoms with E-state index in [0.29, 0.717) is 42.1 Å². The molecule has 0 bridgehead atoms. The van der Waals surface area contributed by atoms with E-state index < -0.39 is 17.9 Å². The molecule has 6 nitrogen and oxygen atoms in total. The second-order valence-electron chi connectivity index (χ2n) is 7.78. The van der Waals surface area contributed by atoms with Crippen molar-refractivity contribution >= 4 is 52.7 Å². The summed E-state index contributed by atoms with van der Waals surface area (Å²) in [4.78, 5) is 39.4. The molecular formula is C21H28Cl2N2O4S. The van der Waals surface area contributed by atoms with Gasteiger partial charge in [-0.25, -0.2) is 4.79 Å². The average molecular weight is 475 g/mol.